The average molecular weight is 295 g/mol. The number of methoxy groups -OCH3 is 1. The largest absolute Gasteiger partial charge is 0.382 e. The molecular weight excluding hydrogens is 270 g/mol. The van der Waals surface area contributed by atoms with Gasteiger partial charge in [0.2, 0.25) is 0 Å². The van der Waals surface area contributed by atoms with E-state index in [1.807, 2.05) is 18.4 Å². The van der Waals surface area contributed by atoms with Crippen LogP contribution in [0.4, 0.5) is 0 Å². The molecule has 2 rings (SSSR count). The van der Waals surface area contributed by atoms with E-state index in [-0.39, 0.29) is 17.6 Å². The Morgan fingerprint density at radius 3 is 2.86 bits per heavy atom. The predicted molar refractivity (Wildman–Crippen MR) is 79.3 cm³/mol. The van der Waals surface area contributed by atoms with Crippen LogP contribution in [-0.4, -0.2) is 58.9 Å². The van der Waals surface area contributed by atoms with Crippen LogP contribution in [0.5, 0.6) is 0 Å². The highest BCUT2D eigenvalue weighted by atomic mass is 16.5. The van der Waals surface area contributed by atoms with E-state index in [9.17, 15) is 4.79 Å². The van der Waals surface area contributed by atoms with Gasteiger partial charge in [0.1, 0.15) is 5.69 Å². The molecule has 1 amide bonds. The highest BCUT2D eigenvalue weighted by Gasteiger charge is 2.36. The zero-order valence-electron chi connectivity index (χ0n) is 13.5. The molecule has 1 aromatic heterocycles. The molecule has 1 saturated heterocycles. The molecule has 0 saturated carbocycles. The molecule has 2 heterocycles. The summed E-state index contributed by atoms with van der Waals surface area (Å²) < 4.78 is 13.0. The zero-order chi connectivity index (χ0) is 15.6. The number of hydrogen-bond donors (Lipinski definition) is 0. The van der Waals surface area contributed by atoms with Crippen molar-refractivity contribution in [3.63, 3.8) is 0 Å². The molecule has 0 unspecified atom stereocenters. The fraction of sp³-hybridized carbons (Fsp3) is 0.733. The van der Waals surface area contributed by atoms with Crippen molar-refractivity contribution in [2.75, 3.05) is 26.8 Å². The fourth-order valence-electron chi connectivity index (χ4n) is 2.61. The number of morpholine rings is 1. The second-order valence-corrected chi connectivity index (χ2v) is 6.44. The summed E-state index contributed by atoms with van der Waals surface area (Å²) in [5.74, 6) is -0.0492. The summed E-state index contributed by atoms with van der Waals surface area (Å²) >= 11 is 0. The Balaban J connectivity index is 2.12. The summed E-state index contributed by atoms with van der Waals surface area (Å²) in [6.07, 6.45) is 3.41. The Kier molecular flexibility index (Phi) is 4.68. The van der Waals surface area contributed by atoms with Crippen molar-refractivity contribution in [2.45, 2.75) is 45.4 Å². The highest BCUT2D eigenvalue weighted by molar-refractivity contribution is 5.92. The Labute approximate surface area is 126 Å². The van der Waals surface area contributed by atoms with Gasteiger partial charge < -0.3 is 18.9 Å². The third-order valence-electron chi connectivity index (χ3n) is 3.54. The van der Waals surface area contributed by atoms with Gasteiger partial charge in [-0.1, -0.05) is 0 Å². The second-order valence-electron chi connectivity index (χ2n) is 6.44. The van der Waals surface area contributed by atoms with E-state index in [4.69, 9.17) is 9.47 Å². The van der Waals surface area contributed by atoms with Crippen LogP contribution in [0.15, 0.2) is 12.5 Å². The maximum Gasteiger partial charge on any atom is 0.274 e. The van der Waals surface area contributed by atoms with Crippen molar-refractivity contribution in [1.82, 2.24) is 14.5 Å². The van der Waals surface area contributed by atoms with Gasteiger partial charge in [-0.25, -0.2) is 4.98 Å². The molecule has 0 bridgehead atoms. The average Bonchev–Trinajstić information content (AvgIpc) is 2.86. The Hall–Kier alpha value is -1.40. The van der Waals surface area contributed by atoms with Crippen LogP contribution in [-0.2, 0) is 9.47 Å². The number of carbonyl (C=O) groups is 1. The Morgan fingerprint density at radius 2 is 2.29 bits per heavy atom. The minimum atomic E-state index is -0.377. The van der Waals surface area contributed by atoms with Crippen molar-refractivity contribution < 1.29 is 14.3 Å². The van der Waals surface area contributed by atoms with E-state index < -0.39 is 0 Å². The number of imidazole rings is 1. The van der Waals surface area contributed by atoms with E-state index in [0.29, 0.717) is 31.4 Å². The van der Waals surface area contributed by atoms with Crippen LogP contribution < -0.4 is 0 Å². The first kappa shape index (κ1) is 16.0. The van der Waals surface area contributed by atoms with Gasteiger partial charge in [-0.2, -0.15) is 0 Å². The monoisotopic (exact) mass is 295 g/mol. The molecule has 1 aliphatic heterocycles. The van der Waals surface area contributed by atoms with Crippen molar-refractivity contribution in [2.24, 2.45) is 0 Å². The molecule has 1 fully saturated rings. The third kappa shape index (κ3) is 3.83. The highest BCUT2D eigenvalue weighted by Crippen LogP contribution is 2.22. The molecule has 0 aromatic carbocycles. The van der Waals surface area contributed by atoms with E-state index in [0.717, 1.165) is 0 Å². The number of hydrogen-bond acceptors (Lipinski definition) is 4. The minimum absolute atomic E-state index is 0.0492. The standard InChI is InChI=1S/C15H25N3O3/c1-11(2)18-7-13(16-10-18)14(19)17-6-12(8-20-5)21-15(3,4)9-17/h7,10-12H,6,8-9H2,1-5H3/t12-/m1/s1. The summed E-state index contributed by atoms with van der Waals surface area (Å²) in [6.45, 7) is 9.66. The summed E-state index contributed by atoms with van der Waals surface area (Å²) in [5, 5.41) is 0. The summed E-state index contributed by atoms with van der Waals surface area (Å²) in [4.78, 5) is 18.7. The SMILES string of the molecule is COC[C@H]1CN(C(=O)c2cn(C(C)C)cn2)CC(C)(C)O1. The van der Waals surface area contributed by atoms with Gasteiger partial charge in [0, 0.05) is 32.4 Å². The van der Waals surface area contributed by atoms with E-state index in [1.165, 1.54) is 0 Å². The lowest BCUT2D eigenvalue weighted by atomic mass is 10.0. The predicted octanol–water partition coefficient (Wildman–Crippen LogP) is 1.73. The van der Waals surface area contributed by atoms with Crippen LogP contribution in [0.1, 0.15) is 44.2 Å². The van der Waals surface area contributed by atoms with Crippen molar-refractivity contribution in [3.8, 4) is 0 Å². The topological polar surface area (TPSA) is 56.6 Å². The van der Waals surface area contributed by atoms with Crippen molar-refractivity contribution in [1.29, 1.82) is 0 Å². The van der Waals surface area contributed by atoms with Gasteiger partial charge in [-0.3, -0.25) is 4.79 Å². The smallest absolute Gasteiger partial charge is 0.274 e. The van der Waals surface area contributed by atoms with Gasteiger partial charge >= 0.3 is 0 Å². The lowest BCUT2D eigenvalue weighted by molar-refractivity contribution is -0.143. The number of carbonyl (C=O) groups excluding carboxylic acids is 1. The molecule has 0 N–H and O–H groups in total. The first-order chi connectivity index (χ1) is 9.82. The molecule has 0 radical (unpaired) electrons. The fourth-order valence-corrected chi connectivity index (χ4v) is 2.61. The van der Waals surface area contributed by atoms with Gasteiger partial charge in [-0.15, -0.1) is 0 Å². The number of ether oxygens (including phenoxy) is 2. The third-order valence-corrected chi connectivity index (χ3v) is 3.54. The first-order valence-corrected chi connectivity index (χ1v) is 7.32. The maximum absolute atomic E-state index is 12.6. The molecule has 118 valence electrons. The van der Waals surface area contributed by atoms with Gasteiger partial charge in [0.25, 0.3) is 5.91 Å². The first-order valence-electron chi connectivity index (χ1n) is 7.32. The number of amides is 1. The van der Waals surface area contributed by atoms with Crippen LogP contribution >= 0.6 is 0 Å². The van der Waals surface area contributed by atoms with Gasteiger partial charge in [0.05, 0.1) is 24.6 Å². The molecular formula is C15H25N3O3. The molecule has 21 heavy (non-hydrogen) atoms. The number of rotatable bonds is 4. The van der Waals surface area contributed by atoms with Crippen molar-refractivity contribution in [3.05, 3.63) is 18.2 Å². The van der Waals surface area contributed by atoms with Gasteiger partial charge in [-0.05, 0) is 27.7 Å². The van der Waals surface area contributed by atoms with E-state index in [2.05, 4.69) is 18.8 Å². The summed E-state index contributed by atoms with van der Waals surface area (Å²) in [6, 6.07) is 0.293. The number of aromatic nitrogens is 2. The van der Waals surface area contributed by atoms with Crippen LogP contribution in [0.25, 0.3) is 0 Å². The summed E-state index contributed by atoms with van der Waals surface area (Å²) in [7, 11) is 1.64. The Bertz CT molecular complexity index is 496. The quantitative estimate of drug-likeness (QED) is 0.849. The maximum atomic E-state index is 12.6. The van der Waals surface area contributed by atoms with Crippen LogP contribution in [0.2, 0.25) is 0 Å². The molecule has 0 aliphatic carbocycles. The van der Waals surface area contributed by atoms with E-state index >= 15 is 0 Å². The minimum Gasteiger partial charge on any atom is -0.382 e. The number of nitrogens with zero attached hydrogens (tertiary/aromatic N) is 3. The second kappa shape index (κ2) is 6.15. The lowest BCUT2D eigenvalue weighted by Crippen LogP contribution is -2.55. The molecule has 0 spiro atoms. The van der Waals surface area contributed by atoms with Gasteiger partial charge in [0.15, 0.2) is 0 Å². The summed E-state index contributed by atoms with van der Waals surface area (Å²) in [5.41, 5.74) is 0.107. The Morgan fingerprint density at radius 1 is 1.57 bits per heavy atom. The normalized spacial score (nSPS) is 21.8. The van der Waals surface area contributed by atoms with Crippen molar-refractivity contribution >= 4 is 5.91 Å². The molecule has 1 aliphatic rings. The van der Waals surface area contributed by atoms with E-state index in [1.54, 1.807) is 24.5 Å². The molecule has 1 atom stereocenters. The molecule has 6 nitrogen and oxygen atoms in total. The van der Waals surface area contributed by atoms with Crippen LogP contribution in [0, 0.1) is 0 Å². The molecule has 6 heteroatoms. The zero-order valence-corrected chi connectivity index (χ0v) is 13.5. The molecule has 1 aromatic rings. The lowest BCUT2D eigenvalue weighted by Gasteiger charge is -2.42. The van der Waals surface area contributed by atoms with Crippen LogP contribution in [0.3, 0.4) is 0 Å².